The van der Waals surface area contributed by atoms with Crippen LogP contribution in [0.2, 0.25) is 0 Å². The maximum atomic E-state index is 10.3. The highest BCUT2D eigenvalue weighted by Gasteiger charge is 1.92. The average Bonchev–Trinajstić information content (AvgIpc) is 2.38. The lowest BCUT2D eigenvalue weighted by molar-refractivity contribution is 0.599. The summed E-state index contributed by atoms with van der Waals surface area (Å²) in [6, 6.07) is 0. The minimum absolute atomic E-state index is 0.269. The van der Waals surface area contributed by atoms with Gasteiger partial charge in [-0.2, -0.15) is 11.8 Å². The van der Waals surface area contributed by atoms with Crippen molar-refractivity contribution < 1.29 is 4.57 Å². The molecule has 0 heterocycles. The second kappa shape index (κ2) is 13.6. The van der Waals surface area contributed by atoms with Gasteiger partial charge < -0.3 is 0 Å². The molecule has 0 N–H and O–H groups in total. The van der Waals surface area contributed by atoms with E-state index in [2.05, 4.69) is 45.9 Å². The molecule has 3 heteroatoms. The first-order chi connectivity index (χ1) is 9.56. The highest BCUT2D eigenvalue weighted by molar-refractivity contribution is 7.99. The molecule has 0 aromatic heterocycles. The fraction of sp³-hybridized carbons (Fsp3) is 0.647. The van der Waals surface area contributed by atoms with Crippen LogP contribution in [0.4, 0.5) is 0 Å². The van der Waals surface area contributed by atoms with Crippen molar-refractivity contribution in [1.29, 1.82) is 0 Å². The third-order valence-electron chi connectivity index (χ3n) is 3.00. The lowest BCUT2D eigenvalue weighted by Crippen LogP contribution is -1.84. The fourth-order valence-corrected chi connectivity index (χ4v) is 3.11. The van der Waals surface area contributed by atoms with E-state index in [9.17, 15) is 4.57 Å². The minimum Gasteiger partial charge on any atom is -0.275 e. The molecule has 0 amide bonds. The molecule has 0 atom stereocenters. The third-order valence-corrected chi connectivity index (χ3v) is 4.60. The summed E-state index contributed by atoms with van der Waals surface area (Å²) in [7, 11) is 0.269. The summed E-state index contributed by atoms with van der Waals surface area (Å²) in [5.74, 6) is 2.03. The fourth-order valence-electron chi connectivity index (χ4n) is 1.73. The first-order valence-electron chi connectivity index (χ1n) is 7.37. The van der Waals surface area contributed by atoms with E-state index >= 15 is 0 Å². The van der Waals surface area contributed by atoms with E-state index in [0.717, 1.165) is 36.9 Å². The lowest BCUT2D eigenvalue weighted by Gasteiger charge is -2.01. The molecule has 0 spiro atoms. The van der Waals surface area contributed by atoms with Crippen molar-refractivity contribution >= 4 is 20.2 Å². The quantitative estimate of drug-likeness (QED) is 0.248. The zero-order chi connectivity index (χ0) is 15.2. The summed E-state index contributed by atoms with van der Waals surface area (Å²) in [6.45, 7) is 8.75. The van der Waals surface area contributed by atoms with Crippen LogP contribution in [0, 0.1) is 0 Å². The number of thioether (sulfide) groups is 1. The molecule has 0 unspecified atom stereocenters. The van der Waals surface area contributed by atoms with Gasteiger partial charge in [0.1, 0.15) is 0 Å². The highest BCUT2D eigenvalue weighted by Crippen LogP contribution is 2.12. The monoisotopic (exact) mass is 312 g/mol. The maximum Gasteiger partial charge on any atom is 0.156 e. The average molecular weight is 312 g/mol. The molecule has 0 aromatic carbocycles. The van der Waals surface area contributed by atoms with Crippen molar-refractivity contribution in [1.82, 2.24) is 0 Å². The normalized spacial score (nSPS) is 12.8. The van der Waals surface area contributed by atoms with Gasteiger partial charge in [0.05, 0.1) is 0 Å². The van der Waals surface area contributed by atoms with Crippen molar-refractivity contribution in [3.05, 3.63) is 34.9 Å². The molecule has 0 saturated heterocycles. The predicted octanol–water partition coefficient (Wildman–Crippen LogP) is 6.43. The second-order valence-electron chi connectivity index (χ2n) is 5.39. The van der Waals surface area contributed by atoms with Crippen LogP contribution >= 0.6 is 20.2 Å². The van der Waals surface area contributed by atoms with Crippen LogP contribution in [0.25, 0.3) is 0 Å². The second-order valence-corrected chi connectivity index (χ2v) is 7.24. The molecule has 0 bridgehead atoms. The van der Waals surface area contributed by atoms with E-state index in [1.165, 1.54) is 23.1 Å². The van der Waals surface area contributed by atoms with Gasteiger partial charge in [-0.1, -0.05) is 34.9 Å². The van der Waals surface area contributed by atoms with Gasteiger partial charge in [0.15, 0.2) is 8.46 Å². The molecule has 20 heavy (non-hydrogen) atoms. The zero-order valence-corrected chi connectivity index (χ0v) is 15.2. The highest BCUT2D eigenvalue weighted by atomic mass is 32.2. The number of hydrogen-bond donors (Lipinski definition) is 0. The molecule has 114 valence electrons. The summed E-state index contributed by atoms with van der Waals surface area (Å²) in [6.07, 6.45) is 12.4. The SMILES string of the molecule is CC(C)=CCC/C(C)=C/CC/C(C)=C/CSCCP=O. The van der Waals surface area contributed by atoms with Gasteiger partial charge >= 0.3 is 0 Å². The Morgan fingerprint density at radius 2 is 1.55 bits per heavy atom. The van der Waals surface area contributed by atoms with Crippen LogP contribution in [0.15, 0.2) is 34.9 Å². The summed E-state index contributed by atoms with van der Waals surface area (Å²) in [5, 5.41) is 0. The number of hydrogen-bond acceptors (Lipinski definition) is 2. The first-order valence-corrected chi connectivity index (χ1v) is 9.53. The Kier molecular flexibility index (Phi) is 13.4. The predicted molar refractivity (Wildman–Crippen MR) is 95.2 cm³/mol. The van der Waals surface area contributed by atoms with Crippen LogP contribution in [-0.4, -0.2) is 17.7 Å². The summed E-state index contributed by atoms with van der Waals surface area (Å²) < 4.78 is 10.3. The van der Waals surface area contributed by atoms with Gasteiger partial charge in [-0.15, -0.1) is 0 Å². The van der Waals surface area contributed by atoms with Crippen LogP contribution in [0.5, 0.6) is 0 Å². The molecule has 0 aromatic rings. The van der Waals surface area contributed by atoms with Crippen molar-refractivity contribution in [2.45, 2.75) is 53.4 Å². The van der Waals surface area contributed by atoms with Crippen LogP contribution in [-0.2, 0) is 4.57 Å². The van der Waals surface area contributed by atoms with Gasteiger partial charge in [0.2, 0.25) is 0 Å². The van der Waals surface area contributed by atoms with Crippen LogP contribution in [0.1, 0.15) is 53.4 Å². The molecular formula is C17H29OPS. The Bertz CT molecular complexity index is 352. The molecule has 1 nitrogen and oxygen atoms in total. The molecule has 0 fully saturated rings. The minimum atomic E-state index is 0.269. The molecule has 0 radical (unpaired) electrons. The molecule has 0 rings (SSSR count). The Labute approximate surface area is 131 Å². The van der Waals surface area contributed by atoms with E-state index in [0.29, 0.717) is 0 Å². The zero-order valence-electron chi connectivity index (χ0n) is 13.4. The summed E-state index contributed by atoms with van der Waals surface area (Å²) >= 11 is 1.85. The molecule has 0 aliphatic carbocycles. The van der Waals surface area contributed by atoms with Gasteiger partial charge in [0.25, 0.3) is 0 Å². The molecule has 0 saturated carbocycles. The van der Waals surface area contributed by atoms with Gasteiger partial charge in [0, 0.05) is 17.7 Å². The van der Waals surface area contributed by atoms with E-state index in [1.54, 1.807) is 0 Å². The van der Waals surface area contributed by atoms with Crippen molar-refractivity contribution in [3.8, 4) is 0 Å². The van der Waals surface area contributed by atoms with Crippen LogP contribution in [0.3, 0.4) is 0 Å². The van der Waals surface area contributed by atoms with Crippen molar-refractivity contribution in [2.75, 3.05) is 17.7 Å². The Morgan fingerprint density at radius 1 is 0.950 bits per heavy atom. The first kappa shape index (κ1) is 19.7. The largest absolute Gasteiger partial charge is 0.275 e. The van der Waals surface area contributed by atoms with E-state index < -0.39 is 0 Å². The Balaban J connectivity index is 3.76. The van der Waals surface area contributed by atoms with Gasteiger partial charge in [-0.3, -0.25) is 4.57 Å². The van der Waals surface area contributed by atoms with E-state index in [4.69, 9.17) is 0 Å². The number of rotatable bonds is 11. The van der Waals surface area contributed by atoms with Gasteiger partial charge in [-0.05, 0) is 53.4 Å². The maximum absolute atomic E-state index is 10.3. The summed E-state index contributed by atoms with van der Waals surface area (Å²) in [4.78, 5) is 0. The Morgan fingerprint density at radius 3 is 2.15 bits per heavy atom. The Hall–Kier alpha value is -0.330. The topological polar surface area (TPSA) is 17.1 Å². The van der Waals surface area contributed by atoms with Gasteiger partial charge in [-0.25, -0.2) is 0 Å². The molecule has 0 aliphatic rings. The van der Waals surface area contributed by atoms with Crippen molar-refractivity contribution in [3.63, 3.8) is 0 Å². The van der Waals surface area contributed by atoms with Crippen molar-refractivity contribution in [2.24, 2.45) is 0 Å². The van der Waals surface area contributed by atoms with E-state index in [1.807, 2.05) is 11.8 Å². The standard InChI is InChI=1S/C17H29OPS/c1-15(2)7-5-8-16(3)9-6-10-17(4)11-13-20-14-12-19-18/h7,9,11H,5-6,8,10,12-14H2,1-4H3/b16-9+,17-11+. The number of allylic oxidation sites excluding steroid dienone is 5. The molecular weight excluding hydrogens is 283 g/mol. The smallest absolute Gasteiger partial charge is 0.156 e. The van der Waals surface area contributed by atoms with Crippen LogP contribution < -0.4 is 0 Å². The molecule has 0 aliphatic heterocycles. The van der Waals surface area contributed by atoms with E-state index in [-0.39, 0.29) is 8.46 Å². The third kappa shape index (κ3) is 14.1. The summed E-state index contributed by atoms with van der Waals surface area (Å²) in [5.41, 5.74) is 4.37. The lowest BCUT2D eigenvalue weighted by atomic mass is 10.1.